The lowest BCUT2D eigenvalue weighted by Gasteiger charge is -2.18. The van der Waals surface area contributed by atoms with Crippen molar-refractivity contribution in [3.8, 4) is 6.07 Å². The fourth-order valence-corrected chi connectivity index (χ4v) is 4.00. The minimum absolute atomic E-state index is 0.128. The number of thiol groups is 1. The van der Waals surface area contributed by atoms with Crippen LogP contribution in [0.25, 0.3) is 22.1 Å². The molecule has 3 aromatic rings. The maximum absolute atomic E-state index is 11.3. The number of nitrogens with zero attached hydrogens (tertiary/aromatic N) is 5. The summed E-state index contributed by atoms with van der Waals surface area (Å²) in [7, 11) is -2.79. The summed E-state index contributed by atoms with van der Waals surface area (Å²) in [5.41, 5.74) is 2.34. The number of hydrogen-bond acceptors (Lipinski definition) is 7. The number of likely N-dealkylation sites (tertiary alicyclic amines) is 1. The number of nitriles is 1. The van der Waals surface area contributed by atoms with Crippen LogP contribution in [0.3, 0.4) is 0 Å². The molecule has 1 aliphatic rings. The van der Waals surface area contributed by atoms with Crippen molar-refractivity contribution in [3.63, 3.8) is 0 Å². The third-order valence-corrected chi connectivity index (χ3v) is 5.36. The highest BCUT2D eigenvalue weighted by Crippen LogP contribution is 2.34. The van der Waals surface area contributed by atoms with Crippen molar-refractivity contribution < 1.29 is 8.42 Å². The number of pyridine rings is 1. The van der Waals surface area contributed by atoms with Gasteiger partial charge in [0.1, 0.15) is 0 Å². The van der Waals surface area contributed by atoms with Crippen LogP contribution in [-0.2, 0) is 10.7 Å². The van der Waals surface area contributed by atoms with E-state index in [1.54, 1.807) is 11.1 Å². The van der Waals surface area contributed by atoms with Gasteiger partial charge in [0.15, 0.2) is 27.4 Å². The predicted molar refractivity (Wildman–Crippen MR) is 87.8 cm³/mol. The molecule has 0 aromatic carbocycles. The van der Waals surface area contributed by atoms with Crippen molar-refractivity contribution >= 4 is 32.8 Å². The Hall–Kier alpha value is -2.57. The van der Waals surface area contributed by atoms with E-state index in [4.69, 9.17) is 5.26 Å². The number of aromatic amines is 1. The van der Waals surface area contributed by atoms with Crippen LogP contribution in [0.4, 0.5) is 0 Å². The zero-order valence-electron chi connectivity index (χ0n) is 12.6. The van der Waals surface area contributed by atoms with Gasteiger partial charge in [-0.1, -0.05) is 0 Å². The topological polar surface area (TPSA) is 116 Å². The van der Waals surface area contributed by atoms with Crippen LogP contribution in [0.2, 0.25) is 0 Å². The summed E-state index contributed by atoms with van der Waals surface area (Å²) < 4.78 is 22.5. The van der Waals surface area contributed by atoms with Crippen molar-refractivity contribution in [1.29, 1.82) is 5.26 Å². The Labute approximate surface area is 139 Å². The van der Waals surface area contributed by atoms with Crippen molar-refractivity contribution in [1.82, 2.24) is 25.1 Å². The highest BCUT2D eigenvalue weighted by molar-refractivity contribution is 7.73. The normalized spacial score (nSPS) is 19.9. The van der Waals surface area contributed by atoms with Crippen molar-refractivity contribution in [2.45, 2.75) is 17.7 Å². The quantitative estimate of drug-likeness (QED) is 0.675. The van der Waals surface area contributed by atoms with E-state index in [9.17, 15) is 8.42 Å². The molecule has 122 valence electrons. The van der Waals surface area contributed by atoms with Gasteiger partial charge >= 0.3 is 0 Å². The summed E-state index contributed by atoms with van der Waals surface area (Å²) in [6.07, 6.45) is 4.29. The summed E-state index contributed by atoms with van der Waals surface area (Å²) in [6, 6.07) is 5.76. The van der Waals surface area contributed by atoms with Gasteiger partial charge in [0.2, 0.25) is 0 Å². The molecule has 4 heterocycles. The van der Waals surface area contributed by atoms with Gasteiger partial charge in [-0.2, -0.15) is 5.26 Å². The summed E-state index contributed by atoms with van der Waals surface area (Å²) in [5.74, 6) is 0.128. The molecule has 2 unspecified atom stereocenters. The van der Waals surface area contributed by atoms with Crippen molar-refractivity contribution in [2.24, 2.45) is 0 Å². The number of rotatable bonds is 3. The Bertz CT molecular complexity index is 1030. The molecule has 1 N–H and O–H groups in total. The van der Waals surface area contributed by atoms with Gasteiger partial charge in [0.05, 0.1) is 6.07 Å². The van der Waals surface area contributed by atoms with E-state index in [2.05, 4.69) is 20.2 Å². The Morgan fingerprint density at radius 3 is 3.04 bits per heavy atom. The van der Waals surface area contributed by atoms with E-state index in [0.717, 1.165) is 22.8 Å². The molecule has 0 bridgehead atoms. The zero-order chi connectivity index (χ0) is 16.7. The minimum Gasteiger partial charge on any atom is -0.345 e. The third kappa shape index (κ3) is 2.31. The van der Waals surface area contributed by atoms with Gasteiger partial charge in [-0.25, -0.2) is 13.4 Å². The SMILES string of the molecule is N#CC(N1CCC(c2ccnc3nnc4[nH]ccc4c23)C1)[SH](=O)=O. The average molecular weight is 342 g/mol. The average Bonchev–Trinajstić information content (AvgIpc) is 3.23. The summed E-state index contributed by atoms with van der Waals surface area (Å²) >= 11 is 0. The first-order valence-electron chi connectivity index (χ1n) is 7.54. The van der Waals surface area contributed by atoms with Gasteiger partial charge in [-0.05, 0) is 30.0 Å². The number of fused-ring (bicyclic) bond motifs is 3. The van der Waals surface area contributed by atoms with Gasteiger partial charge in [0, 0.05) is 36.3 Å². The van der Waals surface area contributed by atoms with Crippen molar-refractivity contribution in [2.75, 3.05) is 13.1 Å². The van der Waals surface area contributed by atoms with Crippen LogP contribution in [0.15, 0.2) is 24.5 Å². The molecule has 0 aliphatic carbocycles. The second-order valence-electron chi connectivity index (χ2n) is 5.81. The van der Waals surface area contributed by atoms with E-state index >= 15 is 0 Å². The molecule has 4 rings (SSSR count). The minimum atomic E-state index is -2.79. The maximum Gasteiger partial charge on any atom is 0.198 e. The Kier molecular flexibility index (Phi) is 3.63. The monoisotopic (exact) mass is 342 g/mol. The molecule has 0 saturated carbocycles. The molecule has 1 fully saturated rings. The predicted octanol–water partition coefficient (Wildman–Crippen LogP) is 0.756. The molecular weight excluding hydrogens is 328 g/mol. The van der Waals surface area contributed by atoms with Gasteiger partial charge < -0.3 is 4.98 Å². The number of aromatic nitrogens is 4. The van der Waals surface area contributed by atoms with Gasteiger partial charge in [0.25, 0.3) is 0 Å². The zero-order valence-corrected chi connectivity index (χ0v) is 13.5. The lowest BCUT2D eigenvalue weighted by atomic mass is 9.95. The molecule has 8 nitrogen and oxygen atoms in total. The second-order valence-corrected chi connectivity index (χ2v) is 6.87. The second kappa shape index (κ2) is 5.81. The fraction of sp³-hybridized carbons (Fsp3) is 0.333. The highest BCUT2D eigenvalue weighted by atomic mass is 32.2. The van der Waals surface area contributed by atoms with Crippen LogP contribution in [0.5, 0.6) is 0 Å². The van der Waals surface area contributed by atoms with Crippen LogP contribution in [0.1, 0.15) is 17.9 Å². The van der Waals surface area contributed by atoms with E-state index in [1.807, 2.05) is 24.4 Å². The Balaban J connectivity index is 1.78. The van der Waals surface area contributed by atoms with E-state index in [1.165, 1.54) is 0 Å². The van der Waals surface area contributed by atoms with E-state index in [-0.39, 0.29) is 5.92 Å². The molecule has 0 amide bonds. The summed E-state index contributed by atoms with van der Waals surface area (Å²) in [5, 5.41) is 18.2. The number of H-pyrrole nitrogens is 1. The fourth-order valence-electron chi connectivity index (χ4n) is 3.42. The molecular formula is C15H14N6O2S. The first kappa shape index (κ1) is 15.0. The molecule has 9 heteroatoms. The first-order chi connectivity index (χ1) is 11.7. The molecule has 0 radical (unpaired) electrons. The lowest BCUT2D eigenvalue weighted by molar-refractivity contribution is 0.343. The Morgan fingerprint density at radius 1 is 1.38 bits per heavy atom. The molecule has 1 aliphatic heterocycles. The van der Waals surface area contributed by atoms with Crippen LogP contribution in [-0.4, -0.2) is 51.9 Å². The number of hydrogen-bond donors (Lipinski definition) is 2. The van der Waals surface area contributed by atoms with Gasteiger partial charge in [-0.3, -0.25) is 4.90 Å². The highest BCUT2D eigenvalue weighted by Gasteiger charge is 2.32. The third-order valence-electron chi connectivity index (χ3n) is 4.52. The smallest absolute Gasteiger partial charge is 0.198 e. The summed E-state index contributed by atoms with van der Waals surface area (Å²) in [4.78, 5) is 9.05. The van der Waals surface area contributed by atoms with Crippen molar-refractivity contribution in [3.05, 3.63) is 30.1 Å². The largest absolute Gasteiger partial charge is 0.345 e. The summed E-state index contributed by atoms with van der Waals surface area (Å²) in [6.45, 7) is 1.10. The maximum atomic E-state index is 11.3. The first-order valence-corrected chi connectivity index (χ1v) is 8.79. The molecule has 24 heavy (non-hydrogen) atoms. The molecule has 3 aromatic heterocycles. The van der Waals surface area contributed by atoms with Gasteiger partial charge in [-0.15, -0.1) is 10.2 Å². The van der Waals surface area contributed by atoms with Crippen LogP contribution >= 0.6 is 0 Å². The van der Waals surface area contributed by atoms with E-state index < -0.39 is 16.1 Å². The van der Waals surface area contributed by atoms with Crippen LogP contribution in [0, 0.1) is 11.3 Å². The standard InChI is InChI=1S/C15H14N6O2S/c16-7-12(24(22)23)21-6-3-9(8-21)10-1-4-18-15-13(10)11-2-5-17-14(11)19-20-15/h1-2,4-5,9,12,24H,3,6,8H2,(H,17,19). The Morgan fingerprint density at radius 2 is 2.25 bits per heavy atom. The molecule has 1 saturated heterocycles. The molecule has 0 spiro atoms. The molecule has 2 atom stereocenters. The number of nitrogens with one attached hydrogen (secondary N) is 1. The van der Waals surface area contributed by atoms with Crippen LogP contribution < -0.4 is 0 Å². The lowest BCUT2D eigenvalue weighted by Crippen LogP contribution is -2.33. The van der Waals surface area contributed by atoms with E-state index in [0.29, 0.717) is 24.4 Å².